The third kappa shape index (κ3) is 5.18. The van der Waals surface area contributed by atoms with E-state index in [0.717, 1.165) is 53.3 Å². The Morgan fingerprint density at radius 3 is 2.71 bits per heavy atom. The summed E-state index contributed by atoms with van der Waals surface area (Å²) in [4.78, 5) is 7.00. The van der Waals surface area contributed by atoms with Gasteiger partial charge in [-0.15, -0.1) is 0 Å². The number of benzene rings is 2. The SMILES string of the molecule is CN(CCCNc1cc(-c2ccccc2Cl)nc2c(Br)cnn12)Cc1ccc(O)cc1. The predicted molar refractivity (Wildman–Crippen MR) is 129 cm³/mol. The number of hydrogen-bond acceptors (Lipinski definition) is 5. The van der Waals surface area contributed by atoms with E-state index in [2.05, 4.69) is 38.3 Å². The second-order valence-corrected chi connectivity index (χ2v) is 8.68. The van der Waals surface area contributed by atoms with Gasteiger partial charge in [0, 0.05) is 29.7 Å². The molecule has 6 nitrogen and oxygen atoms in total. The van der Waals surface area contributed by atoms with Crippen LogP contribution < -0.4 is 5.32 Å². The van der Waals surface area contributed by atoms with Crippen molar-refractivity contribution in [1.29, 1.82) is 0 Å². The van der Waals surface area contributed by atoms with Crippen LogP contribution in [-0.4, -0.2) is 44.7 Å². The lowest BCUT2D eigenvalue weighted by Crippen LogP contribution is -2.21. The second-order valence-electron chi connectivity index (χ2n) is 7.42. The lowest BCUT2D eigenvalue weighted by Gasteiger charge is -2.17. The van der Waals surface area contributed by atoms with Crippen LogP contribution in [-0.2, 0) is 6.54 Å². The molecule has 0 amide bonds. The molecule has 2 heterocycles. The Hall–Kier alpha value is -2.61. The average molecular weight is 501 g/mol. The molecule has 4 aromatic rings. The maximum Gasteiger partial charge on any atom is 0.172 e. The van der Waals surface area contributed by atoms with E-state index in [-0.39, 0.29) is 0 Å². The lowest BCUT2D eigenvalue weighted by molar-refractivity contribution is 0.325. The summed E-state index contributed by atoms with van der Waals surface area (Å²) in [6, 6.07) is 17.0. The number of rotatable bonds is 8. The van der Waals surface area contributed by atoms with Gasteiger partial charge in [-0.3, -0.25) is 0 Å². The van der Waals surface area contributed by atoms with Gasteiger partial charge in [-0.2, -0.15) is 9.61 Å². The van der Waals surface area contributed by atoms with Gasteiger partial charge in [0.25, 0.3) is 0 Å². The van der Waals surface area contributed by atoms with Gasteiger partial charge in [-0.05, 0) is 59.7 Å². The number of aromatic nitrogens is 3. The standard InChI is InChI=1S/C23H23BrClN5O/c1-29(15-16-7-9-17(31)10-8-16)12-4-11-26-22-13-21(18-5-2-3-6-20(18)25)28-23-19(24)14-27-30(22)23/h2-3,5-10,13-14,26,31H,4,11-12,15H2,1H3. The summed E-state index contributed by atoms with van der Waals surface area (Å²) in [6.07, 6.45) is 2.71. The van der Waals surface area contributed by atoms with E-state index in [4.69, 9.17) is 16.6 Å². The Labute approximate surface area is 194 Å². The van der Waals surface area contributed by atoms with Crippen molar-refractivity contribution >= 4 is 39.0 Å². The zero-order valence-electron chi connectivity index (χ0n) is 17.1. The van der Waals surface area contributed by atoms with Gasteiger partial charge in [-0.25, -0.2) is 4.98 Å². The normalized spacial score (nSPS) is 11.4. The van der Waals surface area contributed by atoms with Crippen LogP contribution in [0.2, 0.25) is 5.02 Å². The smallest absolute Gasteiger partial charge is 0.172 e. The first-order valence-electron chi connectivity index (χ1n) is 10.0. The highest BCUT2D eigenvalue weighted by Gasteiger charge is 2.13. The molecule has 0 atom stereocenters. The molecule has 2 aromatic carbocycles. The number of nitrogens with zero attached hydrogens (tertiary/aromatic N) is 4. The van der Waals surface area contributed by atoms with E-state index >= 15 is 0 Å². The lowest BCUT2D eigenvalue weighted by atomic mass is 10.1. The van der Waals surface area contributed by atoms with Gasteiger partial charge >= 0.3 is 0 Å². The molecule has 0 spiro atoms. The van der Waals surface area contributed by atoms with Crippen molar-refractivity contribution in [2.24, 2.45) is 0 Å². The molecule has 0 fully saturated rings. The van der Waals surface area contributed by atoms with E-state index in [1.807, 2.05) is 42.5 Å². The van der Waals surface area contributed by atoms with Crippen molar-refractivity contribution < 1.29 is 5.11 Å². The maximum atomic E-state index is 9.41. The van der Waals surface area contributed by atoms with Gasteiger partial charge in [0.2, 0.25) is 0 Å². The van der Waals surface area contributed by atoms with Crippen LogP contribution in [0.3, 0.4) is 0 Å². The molecular formula is C23H23BrClN5O. The fourth-order valence-corrected chi connectivity index (χ4v) is 4.01. The molecule has 31 heavy (non-hydrogen) atoms. The van der Waals surface area contributed by atoms with E-state index < -0.39 is 0 Å². The molecule has 0 aliphatic rings. The molecule has 8 heteroatoms. The van der Waals surface area contributed by atoms with Crippen molar-refractivity contribution in [3.63, 3.8) is 0 Å². The minimum atomic E-state index is 0.292. The van der Waals surface area contributed by atoms with Crippen molar-refractivity contribution in [2.45, 2.75) is 13.0 Å². The zero-order chi connectivity index (χ0) is 21.8. The van der Waals surface area contributed by atoms with Crippen LogP contribution in [0.5, 0.6) is 5.75 Å². The third-order valence-corrected chi connectivity index (χ3v) is 5.88. The van der Waals surface area contributed by atoms with Crippen LogP contribution in [0.1, 0.15) is 12.0 Å². The molecule has 2 aromatic heterocycles. The summed E-state index contributed by atoms with van der Waals surface area (Å²) in [6.45, 7) is 2.56. The molecule has 160 valence electrons. The molecular weight excluding hydrogens is 478 g/mol. The first-order valence-corrected chi connectivity index (χ1v) is 11.2. The zero-order valence-corrected chi connectivity index (χ0v) is 19.4. The van der Waals surface area contributed by atoms with E-state index in [1.165, 1.54) is 5.56 Å². The largest absolute Gasteiger partial charge is 0.508 e. The third-order valence-electron chi connectivity index (χ3n) is 4.99. The second kappa shape index (κ2) is 9.68. The number of halogens is 2. The minimum absolute atomic E-state index is 0.292. The number of hydrogen-bond donors (Lipinski definition) is 2. The van der Waals surface area contributed by atoms with Gasteiger partial charge < -0.3 is 15.3 Å². The molecule has 0 aliphatic carbocycles. The monoisotopic (exact) mass is 499 g/mol. The van der Waals surface area contributed by atoms with E-state index in [9.17, 15) is 5.11 Å². The predicted octanol–water partition coefficient (Wildman–Crippen LogP) is 5.45. The van der Waals surface area contributed by atoms with Gasteiger partial charge in [0.05, 0.1) is 16.4 Å². The van der Waals surface area contributed by atoms with Crippen molar-refractivity contribution in [3.8, 4) is 17.0 Å². The number of fused-ring (bicyclic) bond motifs is 1. The Morgan fingerprint density at radius 2 is 1.94 bits per heavy atom. The maximum absolute atomic E-state index is 9.41. The molecule has 0 aliphatic heterocycles. The Balaban J connectivity index is 1.43. The summed E-state index contributed by atoms with van der Waals surface area (Å²) in [5.74, 6) is 1.16. The van der Waals surface area contributed by atoms with Crippen LogP contribution in [0.4, 0.5) is 5.82 Å². The molecule has 4 rings (SSSR count). The molecule has 0 bridgehead atoms. The highest BCUT2D eigenvalue weighted by molar-refractivity contribution is 9.10. The summed E-state index contributed by atoms with van der Waals surface area (Å²) in [5.41, 5.74) is 3.60. The quantitative estimate of drug-likeness (QED) is 0.315. The number of anilines is 1. The number of phenolic OH excluding ortho intramolecular Hbond substituents is 1. The first kappa shape index (κ1) is 21.6. The minimum Gasteiger partial charge on any atom is -0.508 e. The summed E-state index contributed by atoms with van der Waals surface area (Å²) < 4.78 is 2.63. The average Bonchev–Trinajstić information content (AvgIpc) is 3.14. The van der Waals surface area contributed by atoms with Crippen LogP contribution in [0, 0.1) is 0 Å². The van der Waals surface area contributed by atoms with Crippen LogP contribution in [0.25, 0.3) is 16.9 Å². The highest BCUT2D eigenvalue weighted by atomic mass is 79.9. The Bertz CT molecular complexity index is 1180. The summed E-state index contributed by atoms with van der Waals surface area (Å²) in [7, 11) is 2.09. The molecule has 0 unspecified atom stereocenters. The van der Waals surface area contributed by atoms with E-state index in [0.29, 0.717) is 10.8 Å². The summed E-state index contributed by atoms with van der Waals surface area (Å²) in [5, 5.41) is 18.0. The Morgan fingerprint density at radius 1 is 1.16 bits per heavy atom. The fraction of sp³-hybridized carbons (Fsp3) is 0.217. The topological polar surface area (TPSA) is 65.7 Å². The van der Waals surface area contributed by atoms with Gasteiger partial charge in [-0.1, -0.05) is 41.9 Å². The van der Waals surface area contributed by atoms with Crippen molar-refractivity contribution in [3.05, 3.63) is 75.9 Å². The number of phenols is 1. The van der Waals surface area contributed by atoms with Gasteiger partial charge in [0.1, 0.15) is 11.6 Å². The van der Waals surface area contributed by atoms with Crippen molar-refractivity contribution in [2.75, 3.05) is 25.5 Å². The molecule has 0 radical (unpaired) electrons. The Kier molecular flexibility index (Phi) is 6.75. The number of aromatic hydroxyl groups is 1. The fourth-order valence-electron chi connectivity index (χ4n) is 3.43. The summed E-state index contributed by atoms with van der Waals surface area (Å²) >= 11 is 9.93. The van der Waals surface area contributed by atoms with E-state index in [1.54, 1.807) is 22.8 Å². The van der Waals surface area contributed by atoms with Crippen LogP contribution >= 0.6 is 27.5 Å². The molecule has 0 saturated heterocycles. The first-order chi connectivity index (χ1) is 15.0. The van der Waals surface area contributed by atoms with Crippen molar-refractivity contribution in [1.82, 2.24) is 19.5 Å². The number of nitrogens with one attached hydrogen (secondary N) is 1. The molecule has 2 N–H and O–H groups in total. The molecule has 0 saturated carbocycles. The van der Waals surface area contributed by atoms with Crippen LogP contribution in [0.15, 0.2) is 65.3 Å². The highest BCUT2D eigenvalue weighted by Crippen LogP contribution is 2.30. The van der Waals surface area contributed by atoms with Gasteiger partial charge in [0.15, 0.2) is 5.65 Å².